The van der Waals surface area contributed by atoms with Gasteiger partial charge in [-0.1, -0.05) is 6.92 Å². The van der Waals surface area contributed by atoms with Crippen molar-refractivity contribution in [2.24, 2.45) is 17.4 Å². The molecule has 0 spiro atoms. The topological polar surface area (TPSA) is 98.2 Å². The molecule has 1 atom stereocenters. The molecular weight excluding hydrogens is 238 g/mol. The van der Waals surface area contributed by atoms with Crippen LogP contribution in [0.2, 0.25) is 0 Å². The van der Waals surface area contributed by atoms with Crippen molar-refractivity contribution in [2.75, 3.05) is 11.9 Å². The highest BCUT2D eigenvalue weighted by molar-refractivity contribution is 7.14. The van der Waals surface area contributed by atoms with Gasteiger partial charge in [-0.2, -0.15) is 0 Å². The van der Waals surface area contributed by atoms with Crippen LogP contribution in [0.15, 0.2) is 11.4 Å². The summed E-state index contributed by atoms with van der Waals surface area (Å²) in [4.78, 5) is 22.6. The Kier molecular flexibility index (Phi) is 5.11. The fraction of sp³-hybridized carbons (Fsp3) is 0.455. The van der Waals surface area contributed by atoms with Gasteiger partial charge < -0.3 is 16.8 Å². The molecule has 17 heavy (non-hydrogen) atoms. The van der Waals surface area contributed by atoms with Crippen molar-refractivity contribution in [3.8, 4) is 0 Å². The predicted octanol–water partition coefficient (Wildman–Crippen LogP) is 1.16. The van der Waals surface area contributed by atoms with Crippen molar-refractivity contribution in [1.29, 1.82) is 0 Å². The molecule has 0 fully saturated rings. The molecule has 5 N–H and O–H groups in total. The molecule has 1 unspecified atom stereocenters. The van der Waals surface area contributed by atoms with Crippen molar-refractivity contribution >= 4 is 28.2 Å². The summed E-state index contributed by atoms with van der Waals surface area (Å²) in [6.45, 7) is 2.56. The molecule has 1 heterocycles. The fourth-order valence-electron chi connectivity index (χ4n) is 1.28. The summed E-state index contributed by atoms with van der Waals surface area (Å²) in [6.07, 6.45) is 1.13. The molecule has 0 aliphatic heterocycles. The van der Waals surface area contributed by atoms with Crippen LogP contribution in [-0.2, 0) is 4.79 Å². The lowest BCUT2D eigenvalue weighted by atomic mass is 10.1. The third kappa shape index (κ3) is 4.16. The number of thiophene rings is 1. The van der Waals surface area contributed by atoms with Crippen molar-refractivity contribution in [2.45, 2.75) is 19.8 Å². The Morgan fingerprint density at radius 2 is 2.24 bits per heavy atom. The number of nitrogens with one attached hydrogen (secondary N) is 1. The van der Waals surface area contributed by atoms with Crippen LogP contribution in [0.3, 0.4) is 0 Å². The zero-order chi connectivity index (χ0) is 12.8. The highest BCUT2D eigenvalue weighted by Crippen LogP contribution is 2.23. The Hall–Kier alpha value is -1.40. The van der Waals surface area contributed by atoms with Gasteiger partial charge in [0, 0.05) is 6.42 Å². The van der Waals surface area contributed by atoms with Crippen LogP contribution in [0.25, 0.3) is 0 Å². The number of hydrogen-bond donors (Lipinski definition) is 3. The SMILES string of the molecule is CC(CN)CCC(=O)Nc1sccc1C(N)=O. The van der Waals surface area contributed by atoms with Gasteiger partial charge in [0.25, 0.3) is 5.91 Å². The maximum Gasteiger partial charge on any atom is 0.251 e. The first kappa shape index (κ1) is 13.7. The summed E-state index contributed by atoms with van der Waals surface area (Å²) in [5, 5.41) is 4.93. The molecule has 0 aliphatic rings. The molecule has 2 amide bonds. The first-order valence-electron chi connectivity index (χ1n) is 5.41. The van der Waals surface area contributed by atoms with Crippen molar-refractivity contribution in [3.63, 3.8) is 0 Å². The standard InChI is InChI=1S/C11H17N3O2S/c1-7(6-12)2-3-9(15)14-11-8(10(13)16)4-5-17-11/h4-5,7H,2-3,6,12H2,1H3,(H2,13,16)(H,14,15). The number of amides is 2. The van der Waals surface area contributed by atoms with Crippen LogP contribution >= 0.6 is 11.3 Å². The zero-order valence-electron chi connectivity index (χ0n) is 9.73. The van der Waals surface area contributed by atoms with E-state index in [1.165, 1.54) is 11.3 Å². The summed E-state index contributed by atoms with van der Waals surface area (Å²) >= 11 is 1.29. The minimum absolute atomic E-state index is 0.116. The van der Waals surface area contributed by atoms with Gasteiger partial charge in [0.2, 0.25) is 5.91 Å². The van der Waals surface area contributed by atoms with Crippen LogP contribution in [0, 0.1) is 5.92 Å². The fourth-order valence-corrected chi connectivity index (χ4v) is 2.09. The maximum atomic E-state index is 11.6. The Morgan fingerprint density at radius 3 is 2.82 bits per heavy atom. The number of nitrogens with two attached hydrogens (primary N) is 2. The molecule has 1 rings (SSSR count). The summed E-state index contributed by atoms with van der Waals surface area (Å²) in [5.41, 5.74) is 11.0. The van der Waals surface area contributed by atoms with E-state index >= 15 is 0 Å². The van der Waals surface area contributed by atoms with Crippen LogP contribution in [0.1, 0.15) is 30.1 Å². The third-order valence-electron chi connectivity index (χ3n) is 2.45. The van der Waals surface area contributed by atoms with Crippen LogP contribution in [0.4, 0.5) is 5.00 Å². The minimum Gasteiger partial charge on any atom is -0.366 e. The summed E-state index contributed by atoms with van der Waals surface area (Å²) in [5.74, 6) is -0.327. The van der Waals surface area contributed by atoms with Gasteiger partial charge in [-0.15, -0.1) is 11.3 Å². The maximum absolute atomic E-state index is 11.6. The van der Waals surface area contributed by atoms with E-state index in [9.17, 15) is 9.59 Å². The average molecular weight is 255 g/mol. The second-order valence-electron chi connectivity index (χ2n) is 3.96. The zero-order valence-corrected chi connectivity index (χ0v) is 10.5. The second kappa shape index (κ2) is 6.36. The molecule has 0 bridgehead atoms. The van der Waals surface area contributed by atoms with E-state index in [1.54, 1.807) is 11.4 Å². The van der Waals surface area contributed by atoms with Crippen molar-refractivity contribution in [1.82, 2.24) is 0 Å². The van der Waals surface area contributed by atoms with E-state index in [4.69, 9.17) is 11.5 Å². The molecule has 1 aromatic heterocycles. The smallest absolute Gasteiger partial charge is 0.251 e. The first-order chi connectivity index (χ1) is 8.04. The first-order valence-corrected chi connectivity index (χ1v) is 6.29. The van der Waals surface area contributed by atoms with Gasteiger partial charge in [-0.25, -0.2) is 0 Å². The van der Waals surface area contributed by atoms with Gasteiger partial charge >= 0.3 is 0 Å². The van der Waals surface area contributed by atoms with Gasteiger partial charge in [0.05, 0.1) is 5.56 Å². The van der Waals surface area contributed by atoms with Crippen molar-refractivity contribution in [3.05, 3.63) is 17.0 Å². The molecule has 1 aromatic rings. The summed E-state index contributed by atoms with van der Waals surface area (Å²) < 4.78 is 0. The summed E-state index contributed by atoms with van der Waals surface area (Å²) in [6, 6.07) is 1.60. The van der Waals surface area contributed by atoms with Gasteiger partial charge in [-0.05, 0) is 30.3 Å². The van der Waals surface area contributed by atoms with Crippen LogP contribution in [0.5, 0.6) is 0 Å². The molecular formula is C11H17N3O2S. The van der Waals surface area contributed by atoms with Crippen LogP contribution in [-0.4, -0.2) is 18.4 Å². The van der Waals surface area contributed by atoms with Gasteiger partial charge in [-0.3, -0.25) is 9.59 Å². The molecule has 6 heteroatoms. The summed E-state index contributed by atoms with van der Waals surface area (Å²) in [7, 11) is 0. The molecule has 0 saturated carbocycles. The lowest BCUT2D eigenvalue weighted by Gasteiger charge is -2.08. The quantitative estimate of drug-likeness (QED) is 0.711. The van der Waals surface area contributed by atoms with Crippen LogP contribution < -0.4 is 16.8 Å². The minimum atomic E-state index is -0.531. The third-order valence-corrected chi connectivity index (χ3v) is 3.28. The van der Waals surface area contributed by atoms with E-state index < -0.39 is 5.91 Å². The van der Waals surface area contributed by atoms with E-state index in [1.807, 2.05) is 6.92 Å². The van der Waals surface area contributed by atoms with E-state index in [0.29, 0.717) is 29.4 Å². The molecule has 0 saturated heterocycles. The normalized spacial score (nSPS) is 12.1. The monoisotopic (exact) mass is 255 g/mol. The van der Waals surface area contributed by atoms with Crippen molar-refractivity contribution < 1.29 is 9.59 Å². The highest BCUT2D eigenvalue weighted by Gasteiger charge is 2.12. The Bertz CT molecular complexity index is 403. The molecule has 94 valence electrons. The molecule has 5 nitrogen and oxygen atoms in total. The van der Waals surface area contributed by atoms with E-state index in [0.717, 1.165) is 6.42 Å². The number of anilines is 1. The van der Waals surface area contributed by atoms with E-state index in [-0.39, 0.29) is 5.91 Å². The Labute approximate surface area is 104 Å². The lowest BCUT2D eigenvalue weighted by molar-refractivity contribution is -0.116. The Morgan fingerprint density at radius 1 is 1.53 bits per heavy atom. The lowest BCUT2D eigenvalue weighted by Crippen LogP contribution is -2.18. The van der Waals surface area contributed by atoms with E-state index in [2.05, 4.69) is 5.32 Å². The molecule has 0 aromatic carbocycles. The van der Waals surface area contributed by atoms with Gasteiger partial charge in [0.1, 0.15) is 5.00 Å². The predicted molar refractivity (Wildman–Crippen MR) is 68.9 cm³/mol. The second-order valence-corrected chi connectivity index (χ2v) is 4.87. The largest absolute Gasteiger partial charge is 0.366 e. The van der Waals surface area contributed by atoms with Gasteiger partial charge in [0.15, 0.2) is 0 Å². The average Bonchev–Trinajstić information content (AvgIpc) is 2.74. The molecule has 0 aliphatic carbocycles. The number of hydrogen-bond acceptors (Lipinski definition) is 4. The number of carbonyl (C=O) groups is 2. The number of rotatable bonds is 6. The number of carbonyl (C=O) groups excluding carboxylic acids is 2. The Balaban J connectivity index is 2.51. The number of primary amides is 1. The molecule has 0 radical (unpaired) electrons. The highest BCUT2D eigenvalue weighted by atomic mass is 32.1.